The minimum Gasteiger partial charge on any atom is -0.490 e. The van der Waals surface area contributed by atoms with Gasteiger partial charge in [-0.05, 0) is 56.2 Å². The lowest BCUT2D eigenvalue weighted by Crippen LogP contribution is -2.20. The second kappa shape index (κ2) is 10.4. The number of amides is 1. The summed E-state index contributed by atoms with van der Waals surface area (Å²) >= 11 is 1.49. The molecule has 2 N–H and O–H groups in total. The SMILES string of the molecule is CCOc1cc(C=NNc2nc(C)cs2)ccc1OCC(=O)Nc1ccccc1C. The van der Waals surface area contributed by atoms with Crippen LogP contribution in [0.25, 0.3) is 0 Å². The van der Waals surface area contributed by atoms with E-state index in [2.05, 4.69) is 20.8 Å². The average Bonchev–Trinajstić information content (AvgIpc) is 3.14. The van der Waals surface area contributed by atoms with Gasteiger partial charge in [0.05, 0.1) is 18.5 Å². The summed E-state index contributed by atoms with van der Waals surface area (Å²) in [6, 6.07) is 13.0. The van der Waals surface area contributed by atoms with E-state index in [1.54, 1.807) is 12.3 Å². The standard InChI is InChI=1S/C22H24N4O3S/c1-4-28-20-11-17(12-23-26-22-24-16(3)14-30-22)9-10-19(20)29-13-21(27)25-18-8-6-5-7-15(18)2/h5-12,14H,4,13H2,1-3H3,(H,24,26)(H,25,27). The number of nitrogens with zero attached hydrogens (tertiary/aromatic N) is 2. The lowest BCUT2D eigenvalue weighted by Gasteiger charge is -2.13. The van der Waals surface area contributed by atoms with Crippen LogP contribution in [0, 0.1) is 13.8 Å². The summed E-state index contributed by atoms with van der Waals surface area (Å²) in [7, 11) is 0. The zero-order chi connectivity index (χ0) is 21.3. The number of para-hydroxylation sites is 1. The molecular weight excluding hydrogens is 400 g/mol. The van der Waals surface area contributed by atoms with E-state index in [1.807, 2.05) is 62.5 Å². The van der Waals surface area contributed by atoms with Crippen molar-refractivity contribution in [3.63, 3.8) is 0 Å². The van der Waals surface area contributed by atoms with E-state index in [0.717, 1.165) is 27.6 Å². The van der Waals surface area contributed by atoms with Crippen molar-refractivity contribution in [2.24, 2.45) is 5.10 Å². The molecule has 0 aliphatic carbocycles. The van der Waals surface area contributed by atoms with Crippen molar-refractivity contribution in [2.45, 2.75) is 20.8 Å². The van der Waals surface area contributed by atoms with Gasteiger partial charge in [-0.2, -0.15) is 5.10 Å². The molecule has 0 unspecified atom stereocenters. The normalized spacial score (nSPS) is 10.8. The molecule has 2 aromatic carbocycles. The minimum atomic E-state index is -0.236. The lowest BCUT2D eigenvalue weighted by molar-refractivity contribution is -0.118. The van der Waals surface area contributed by atoms with Gasteiger partial charge in [0.2, 0.25) is 5.13 Å². The van der Waals surface area contributed by atoms with Gasteiger partial charge in [0.1, 0.15) is 0 Å². The smallest absolute Gasteiger partial charge is 0.262 e. The number of ether oxygens (including phenoxy) is 2. The number of hydrogen-bond acceptors (Lipinski definition) is 7. The van der Waals surface area contributed by atoms with E-state index < -0.39 is 0 Å². The Morgan fingerprint density at radius 3 is 2.73 bits per heavy atom. The van der Waals surface area contributed by atoms with E-state index in [4.69, 9.17) is 9.47 Å². The van der Waals surface area contributed by atoms with Gasteiger partial charge in [-0.3, -0.25) is 10.2 Å². The molecule has 3 rings (SSSR count). The van der Waals surface area contributed by atoms with Gasteiger partial charge >= 0.3 is 0 Å². The van der Waals surface area contributed by atoms with Crippen LogP contribution >= 0.6 is 11.3 Å². The maximum Gasteiger partial charge on any atom is 0.262 e. The highest BCUT2D eigenvalue weighted by Crippen LogP contribution is 2.28. The van der Waals surface area contributed by atoms with Crippen LogP contribution < -0.4 is 20.2 Å². The number of aromatic nitrogens is 1. The van der Waals surface area contributed by atoms with Crippen LogP contribution in [0.5, 0.6) is 11.5 Å². The first kappa shape index (κ1) is 21.3. The number of aryl methyl sites for hydroxylation is 2. The van der Waals surface area contributed by atoms with Gasteiger partial charge in [-0.25, -0.2) is 4.98 Å². The molecule has 0 aliphatic rings. The van der Waals surface area contributed by atoms with Gasteiger partial charge in [0.25, 0.3) is 5.91 Å². The van der Waals surface area contributed by atoms with Crippen molar-refractivity contribution in [1.29, 1.82) is 0 Å². The maximum atomic E-state index is 12.2. The molecule has 156 valence electrons. The maximum absolute atomic E-state index is 12.2. The van der Waals surface area contributed by atoms with Gasteiger partial charge in [0.15, 0.2) is 18.1 Å². The summed E-state index contributed by atoms with van der Waals surface area (Å²) in [6.07, 6.45) is 1.67. The van der Waals surface area contributed by atoms with E-state index in [9.17, 15) is 4.79 Å². The summed E-state index contributed by atoms with van der Waals surface area (Å²) < 4.78 is 11.4. The second-order valence-corrected chi connectivity index (χ2v) is 7.31. The number of hydrazone groups is 1. The van der Waals surface area contributed by atoms with Crippen molar-refractivity contribution in [1.82, 2.24) is 4.98 Å². The van der Waals surface area contributed by atoms with Crippen LogP contribution in [0.3, 0.4) is 0 Å². The van der Waals surface area contributed by atoms with Crippen molar-refractivity contribution in [3.8, 4) is 11.5 Å². The van der Waals surface area contributed by atoms with Crippen LogP contribution in [0.2, 0.25) is 0 Å². The van der Waals surface area contributed by atoms with Crippen LogP contribution in [-0.2, 0) is 4.79 Å². The predicted molar refractivity (Wildman–Crippen MR) is 121 cm³/mol. The topological polar surface area (TPSA) is 84.8 Å². The van der Waals surface area contributed by atoms with Crippen LogP contribution in [0.1, 0.15) is 23.7 Å². The Kier molecular flexibility index (Phi) is 7.40. The Hall–Kier alpha value is -3.39. The van der Waals surface area contributed by atoms with Crippen LogP contribution in [0.15, 0.2) is 52.9 Å². The van der Waals surface area contributed by atoms with Crippen molar-refractivity contribution in [3.05, 3.63) is 64.7 Å². The van der Waals surface area contributed by atoms with Crippen molar-refractivity contribution < 1.29 is 14.3 Å². The molecule has 0 bridgehead atoms. The number of hydrogen-bond donors (Lipinski definition) is 2. The zero-order valence-electron chi connectivity index (χ0n) is 17.1. The van der Waals surface area contributed by atoms with Gasteiger partial charge in [-0.15, -0.1) is 11.3 Å². The van der Waals surface area contributed by atoms with E-state index in [-0.39, 0.29) is 12.5 Å². The number of carbonyl (C=O) groups excluding carboxylic acids is 1. The molecular formula is C22H24N4O3S. The fourth-order valence-corrected chi connectivity index (χ4v) is 3.24. The first-order valence-corrected chi connectivity index (χ1v) is 10.4. The molecule has 0 spiro atoms. The van der Waals surface area contributed by atoms with Gasteiger partial charge < -0.3 is 14.8 Å². The highest BCUT2D eigenvalue weighted by atomic mass is 32.1. The largest absolute Gasteiger partial charge is 0.490 e. The Labute approximate surface area is 179 Å². The quantitative estimate of drug-likeness (QED) is 0.387. The minimum absolute atomic E-state index is 0.118. The van der Waals surface area contributed by atoms with Crippen LogP contribution in [0.4, 0.5) is 10.8 Å². The molecule has 1 aromatic heterocycles. The first-order valence-electron chi connectivity index (χ1n) is 9.51. The Balaban J connectivity index is 1.61. The molecule has 0 saturated carbocycles. The van der Waals surface area contributed by atoms with Crippen LogP contribution in [-0.4, -0.2) is 30.3 Å². The van der Waals surface area contributed by atoms with Gasteiger partial charge in [0, 0.05) is 11.1 Å². The van der Waals surface area contributed by atoms with Crippen molar-refractivity contribution >= 4 is 34.3 Å². The third-order valence-corrected chi connectivity index (χ3v) is 4.90. The van der Waals surface area contributed by atoms with Crippen molar-refractivity contribution in [2.75, 3.05) is 24.0 Å². The van der Waals surface area contributed by atoms with E-state index in [1.165, 1.54) is 11.3 Å². The predicted octanol–water partition coefficient (Wildman–Crippen LogP) is 4.62. The summed E-state index contributed by atoms with van der Waals surface area (Å²) in [4.78, 5) is 16.5. The number of carbonyl (C=O) groups is 1. The number of benzene rings is 2. The molecule has 0 radical (unpaired) electrons. The Morgan fingerprint density at radius 2 is 2.00 bits per heavy atom. The summed E-state index contributed by atoms with van der Waals surface area (Å²) in [6.45, 7) is 6.12. The molecule has 3 aromatic rings. The fraction of sp³-hybridized carbons (Fsp3) is 0.227. The molecule has 1 amide bonds. The first-order chi connectivity index (χ1) is 14.5. The average molecular weight is 425 g/mol. The zero-order valence-corrected chi connectivity index (χ0v) is 18.0. The number of thiazole rings is 1. The molecule has 0 saturated heterocycles. The molecule has 30 heavy (non-hydrogen) atoms. The highest BCUT2D eigenvalue weighted by Gasteiger charge is 2.10. The summed E-state index contributed by atoms with van der Waals surface area (Å²) in [5, 5.41) is 9.73. The molecule has 7 nitrogen and oxygen atoms in total. The third kappa shape index (κ3) is 6.05. The Bertz CT molecular complexity index is 1030. The van der Waals surface area contributed by atoms with E-state index >= 15 is 0 Å². The van der Waals surface area contributed by atoms with E-state index in [0.29, 0.717) is 18.1 Å². The molecule has 1 heterocycles. The number of anilines is 2. The molecule has 0 atom stereocenters. The molecule has 8 heteroatoms. The summed E-state index contributed by atoms with van der Waals surface area (Å²) in [5.74, 6) is 0.813. The third-order valence-electron chi connectivity index (χ3n) is 4.04. The monoisotopic (exact) mass is 424 g/mol. The second-order valence-electron chi connectivity index (χ2n) is 6.45. The lowest BCUT2D eigenvalue weighted by atomic mass is 10.2. The molecule has 0 fully saturated rings. The Morgan fingerprint density at radius 1 is 1.17 bits per heavy atom. The highest BCUT2D eigenvalue weighted by molar-refractivity contribution is 7.13. The van der Waals surface area contributed by atoms with Gasteiger partial charge in [-0.1, -0.05) is 18.2 Å². The fourth-order valence-electron chi connectivity index (χ4n) is 2.60. The summed E-state index contributed by atoms with van der Waals surface area (Å²) in [5.41, 5.74) is 6.44. The number of nitrogens with one attached hydrogen (secondary N) is 2. The molecule has 0 aliphatic heterocycles. The number of rotatable bonds is 9.